The molecule has 2 nitrogen and oxygen atoms in total. The number of ether oxygens (including phenoxy) is 1. The highest BCUT2D eigenvalue weighted by Crippen LogP contribution is 2.38. The first-order chi connectivity index (χ1) is 7.27. The molecule has 0 N–H and O–H groups in total. The lowest BCUT2D eigenvalue weighted by Gasteiger charge is -2.13. The third kappa shape index (κ3) is 2.71. The fourth-order valence-electron chi connectivity index (χ4n) is 1.02. The number of halogens is 6. The van der Waals surface area contributed by atoms with Crippen LogP contribution in [0.4, 0.5) is 22.0 Å². The zero-order chi connectivity index (χ0) is 12.5. The predicted octanol–water partition coefficient (Wildman–Crippen LogP) is 3.65. The number of hydrogen-bond donors (Lipinski definition) is 0. The summed E-state index contributed by atoms with van der Waals surface area (Å²) in [5.74, 6) is -0.183. The maximum Gasteiger partial charge on any atom is 0.418 e. The largest absolute Gasteiger partial charge is 0.494 e. The average molecular weight is 353 g/mol. The Morgan fingerprint density at radius 2 is 1.94 bits per heavy atom. The first-order valence-corrected chi connectivity index (χ1v) is 4.95. The van der Waals surface area contributed by atoms with Crippen molar-refractivity contribution in [1.82, 2.24) is 4.98 Å². The normalized spacial score (nSPS) is 12.0. The van der Waals surface area contributed by atoms with Crippen molar-refractivity contribution < 1.29 is 26.7 Å². The maximum atomic E-state index is 12.4. The van der Waals surface area contributed by atoms with Crippen molar-refractivity contribution in [3.63, 3.8) is 0 Å². The molecule has 0 radical (unpaired) electrons. The van der Waals surface area contributed by atoms with Gasteiger partial charge in [0, 0.05) is 0 Å². The fraction of sp³-hybridized carbons (Fsp3) is 0.375. The SMILES string of the molecule is COc1cc(C(F)(F)F)c(C(F)F)nc1I. The monoisotopic (exact) mass is 353 g/mol. The van der Waals surface area contributed by atoms with Crippen LogP contribution in [-0.2, 0) is 6.18 Å². The van der Waals surface area contributed by atoms with E-state index in [4.69, 9.17) is 0 Å². The summed E-state index contributed by atoms with van der Waals surface area (Å²) < 4.78 is 66.6. The molecule has 1 aromatic heterocycles. The van der Waals surface area contributed by atoms with Gasteiger partial charge in [-0.2, -0.15) is 13.2 Å². The van der Waals surface area contributed by atoms with Crippen LogP contribution in [0.25, 0.3) is 0 Å². The van der Waals surface area contributed by atoms with Crippen molar-refractivity contribution in [2.75, 3.05) is 7.11 Å². The minimum absolute atomic E-state index is 0.0385. The summed E-state index contributed by atoms with van der Waals surface area (Å²) in [7, 11) is 1.14. The van der Waals surface area contributed by atoms with Gasteiger partial charge in [0.25, 0.3) is 6.43 Å². The summed E-state index contributed by atoms with van der Waals surface area (Å²) in [6.07, 6.45) is -8.16. The molecule has 0 atom stereocenters. The zero-order valence-electron chi connectivity index (χ0n) is 7.78. The fourth-order valence-corrected chi connectivity index (χ4v) is 1.66. The molecule has 0 aliphatic heterocycles. The van der Waals surface area contributed by atoms with Crippen molar-refractivity contribution in [3.8, 4) is 5.75 Å². The van der Waals surface area contributed by atoms with Crippen LogP contribution in [0.3, 0.4) is 0 Å². The van der Waals surface area contributed by atoms with Crippen LogP contribution in [-0.4, -0.2) is 12.1 Å². The molecular weight excluding hydrogens is 348 g/mol. The molecule has 8 heteroatoms. The number of alkyl halides is 5. The summed E-state index contributed by atoms with van der Waals surface area (Å²) in [6, 6.07) is 0.524. The molecule has 0 unspecified atom stereocenters. The smallest absolute Gasteiger partial charge is 0.418 e. The Labute approximate surface area is 101 Å². The van der Waals surface area contributed by atoms with E-state index in [9.17, 15) is 22.0 Å². The number of hydrogen-bond acceptors (Lipinski definition) is 2. The summed E-state index contributed by atoms with van der Waals surface area (Å²) in [5, 5.41) is 0. The molecule has 0 saturated carbocycles. The Morgan fingerprint density at radius 1 is 1.38 bits per heavy atom. The van der Waals surface area contributed by atoms with Crippen molar-refractivity contribution in [3.05, 3.63) is 21.0 Å². The molecule has 1 aromatic rings. The highest BCUT2D eigenvalue weighted by molar-refractivity contribution is 14.1. The van der Waals surface area contributed by atoms with E-state index >= 15 is 0 Å². The van der Waals surface area contributed by atoms with E-state index in [1.54, 1.807) is 0 Å². The van der Waals surface area contributed by atoms with Gasteiger partial charge < -0.3 is 4.74 Å². The molecule has 0 aliphatic carbocycles. The van der Waals surface area contributed by atoms with Crippen LogP contribution in [0.15, 0.2) is 6.07 Å². The van der Waals surface area contributed by atoms with Crippen molar-refractivity contribution in [2.24, 2.45) is 0 Å². The minimum Gasteiger partial charge on any atom is -0.494 e. The first kappa shape index (κ1) is 13.4. The van der Waals surface area contributed by atoms with E-state index in [0.717, 1.165) is 7.11 Å². The van der Waals surface area contributed by atoms with Crippen molar-refractivity contribution in [1.29, 1.82) is 0 Å². The Hall–Kier alpha value is -0.670. The van der Waals surface area contributed by atoms with E-state index in [-0.39, 0.29) is 9.45 Å². The highest BCUT2D eigenvalue weighted by atomic mass is 127. The number of aromatic nitrogens is 1. The van der Waals surface area contributed by atoms with E-state index in [1.165, 1.54) is 22.6 Å². The lowest BCUT2D eigenvalue weighted by molar-refractivity contribution is -0.140. The molecule has 0 spiro atoms. The molecule has 16 heavy (non-hydrogen) atoms. The van der Waals surface area contributed by atoms with Crippen LogP contribution in [0.2, 0.25) is 0 Å². The van der Waals surface area contributed by atoms with E-state index in [1.807, 2.05) is 0 Å². The molecule has 90 valence electrons. The first-order valence-electron chi connectivity index (χ1n) is 3.87. The second-order valence-corrected chi connectivity index (χ2v) is 3.73. The van der Waals surface area contributed by atoms with Gasteiger partial charge >= 0.3 is 6.18 Å². The van der Waals surface area contributed by atoms with Gasteiger partial charge in [0.2, 0.25) is 0 Å². The highest BCUT2D eigenvalue weighted by Gasteiger charge is 2.37. The number of methoxy groups -OCH3 is 1. The second kappa shape index (κ2) is 4.68. The summed E-state index contributed by atoms with van der Waals surface area (Å²) in [6.45, 7) is 0. The molecule has 0 bridgehead atoms. The second-order valence-electron chi connectivity index (χ2n) is 2.71. The van der Waals surface area contributed by atoms with Gasteiger partial charge in [-0.1, -0.05) is 0 Å². The lowest BCUT2D eigenvalue weighted by Crippen LogP contribution is -2.12. The van der Waals surface area contributed by atoms with Crippen molar-refractivity contribution in [2.45, 2.75) is 12.6 Å². The van der Waals surface area contributed by atoms with Crippen LogP contribution in [0.5, 0.6) is 5.75 Å². The number of rotatable bonds is 2. The molecule has 1 rings (SSSR count). The topological polar surface area (TPSA) is 22.1 Å². The Balaban J connectivity index is 3.43. The number of pyridine rings is 1. The molecule has 1 heterocycles. The summed E-state index contributed by atoms with van der Waals surface area (Å²) >= 11 is 1.53. The van der Waals surface area contributed by atoms with Crippen LogP contribution >= 0.6 is 22.6 Å². The van der Waals surface area contributed by atoms with Crippen molar-refractivity contribution >= 4 is 22.6 Å². The van der Waals surface area contributed by atoms with Gasteiger partial charge in [-0.3, -0.25) is 0 Å². The van der Waals surface area contributed by atoms with Crippen LogP contribution < -0.4 is 4.74 Å². The van der Waals surface area contributed by atoms with E-state index in [0.29, 0.717) is 6.07 Å². The molecule has 0 fully saturated rings. The minimum atomic E-state index is -4.88. The molecule has 0 aliphatic rings. The maximum absolute atomic E-state index is 12.4. The average Bonchev–Trinajstić information content (AvgIpc) is 2.15. The molecular formula is C8H5F5INO. The van der Waals surface area contributed by atoms with Crippen LogP contribution in [0, 0.1) is 3.70 Å². The van der Waals surface area contributed by atoms with Gasteiger partial charge in [0.05, 0.1) is 12.7 Å². The van der Waals surface area contributed by atoms with Gasteiger partial charge in [-0.25, -0.2) is 13.8 Å². The zero-order valence-corrected chi connectivity index (χ0v) is 9.94. The van der Waals surface area contributed by atoms with Gasteiger partial charge in [0.15, 0.2) is 5.75 Å². The van der Waals surface area contributed by atoms with Gasteiger partial charge in [-0.15, -0.1) is 0 Å². The predicted molar refractivity (Wildman–Crippen MR) is 53.5 cm³/mol. The lowest BCUT2D eigenvalue weighted by atomic mass is 10.2. The Morgan fingerprint density at radius 3 is 2.31 bits per heavy atom. The quantitative estimate of drug-likeness (QED) is 0.460. The standard InChI is InChI=1S/C8H5F5INO/c1-16-4-2-3(8(11,12)13)5(6(9)10)15-7(4)14/h2,6H,1H3. The Kier molecular flexibility index (Phi) is 3.92. The van der Waals surface area contributed by atoms with Crippen LogP contribution in [0.1, 0.15) is 17.7 Å². The summed E-state index contributed by atoms with van der Waals surface area (Å²) in [4.78, 5) is 3.20. The van der Waals surface area contributed by atoms with E-state index < -0.39 is 23.9 Å². The van der Waals surface area contributed by atoms with Gasteiger partial charge in [0.1, 0.15) is 9.39 Å². The number of nitrogens with zero attached hydrogens (tertiary/aromatic N) is 1. The third-order valence-corrected chi connectivity index (χ3v) is 2.48. The summed E-state index contributed by atoms with van der Waals surface area (Å²) in [5.41, 5.74) is -2.75. The Bertz CT molecular complexity index is 393. The molecule has 0 aromatic carbocycles. The molecule has 0 saturated heterocycles. The van der Waals surface area contributed by atoms with E-state index in [2.05, 4.69) is 9.72 Å². The molecule has 0 amide bonds. The van der Waals surface area contributed by atoms with Gasteiger partial charge in [-0.05, 0) is 28.7 Å². The third-order valence-electron chi connectivity index (χ3n) is 1.71.